The summed E-state index contributed by atoms with van der Waals surface area (Å²) in [5.41, 5.74) is 6.80. The van der Waals surface area contributed by atoms with Crippen molar-refractivity contribution in [1.29, 1.82) is 0 Å². The molecule has 3 unspecified atom stereocenters. The van der Waals surface area contributed by atoms with Crippen molar-refractivity contribution in [2.24, 2.45) is 0 Å². The van der Waals surface area contributed by atoms with Gasteiger partial charge in [0, 0.05) is 64.1 Å². The predicted molar refractivity (Wildman–Crippen MR) is 203 cm³/mol. The summed E-state index contributed by atoms with van der Waals surface area (Å²) >= 11 is 0. The van der Waals surface area contributed by atoms with Crippen molar-refractivity contribution < 1.29 is 31.8 Å². The van der Waals surface area contributed by atoms with E-state index in [1.54, 1.807) is 30.4 Å². The Bertz CT molecular complexity index is 1410. The molecule has 2 aromatic carbocycles. The molecule has 0 radical (unpaired) electrons. The van der Waals surface area contributed by atoms with E-state index in [2.05, 4.69) is 42.8 Å². The zero-order valence-electron chi connectivity index (χ0n) is 32.1. The quantitative estimate of drug-likeness (QED) is 0.0327. The minimum Gasteiger partial charge on any atom is -0.383 e. The van der Waals surface area contributed by atoms with Gasteiger partial charge in [-0.2, -0.15) is 13.2 Å². The number of halogens is 4. The molecule has 0 bridgehead atoms. The summed E-state index contributed by atoms with van der Waals surface area (Å²) in [5.74, 6) is -3.22. The first-order valence-corrected chi connectivity index (χ1v) is 19.2. The van der Waals surface area contributed by atoms with Gasteiger partial charge in [-0.15, -0.1) is 5.12 Å². The Hall–Kier alpha value is -3.09. The fraction of sp³-hybridized carbons (Fsp3) is 0.658. The molecule has 0 aromatic heterocycles. The van der Waals surface area contributed by atoms with Crippen molar-refractivity contribution in [3.05, 3.63) is 59.9 Å². The average Bonchev–Trinajstić information content (AvgIpc) is 3.64. The Kier molecular flexibility index (Phi) is 17.2. The Morgan fingerprint density at radius 1 is 0.889 bits per heavy atom. The van der Waals surface area contributed by atoms with Crippen molar-refractivity contribution in [2.45, 2.75) is 114 Å². The number of hydrogen-bond acceptors (Lipinski definition) is 11. The summed E-state index contributed by atoms with van der Waals surface area (Å²) in [6.45, 7) is 5.14. The molecule has 2 saturated carbocycles. The number of carbonyl (C=O) groups is 1. The minimum atomic E-state index is -4.56. The summed E-state index contributed by atoms with van der Waals surface area (Å²) < 4.78 is 67.5. The Balaban J connectivity index is 1.90. The van der Waals surface area contributed by atoms with Gasteiger partial charge in [-0.25, -0.2) is 9.82 Å². The highest BCUT2D eigenvalue weighted by molar-refractivity contribution is 5.77. The zero-order valence-corrected chi connectivity index (χ0v) is 32.1. The van der Waals surface area contributed by atoms with E-state index in [-0.39, 0.29) is 43.3 Å². The van der Waals surface area contributed by atoms with E-state index >= 15 is 0 Å². The van der Waals surface area contributed by atoms with Gasteiger partial charge < -0.3 is 25.5 Å². The van der Waals surface area contributed by atoms with Crippen molar-refractivity contribution >= 4 is 17.3 Å². The van der Waals surface area contributed by atoms with Gasteiger partial charge in [0.2, 0.25) is 5.91 Å². The van der Waals surface area contributed by atoms with E-state index in [4.69, 9.17) is 9.47 Å². The third kappa shape index (κ3) is 13.6. The van der Waals surface area contributed by atoms with Crippen LogP contribution in [0, 0.1) is 5.82 Å². The summed E-state index contributed by atoms with van der Waals surface area (Å²) in [6.07, 6.45) is 4.31. The third-order valence-corrected chi connectivity index (χ3v) is 9.80. The second kappa shape index (κ2) is 21.3. The summed E-state index contributed by atoms with van der Waals surface area (Å²) in [4.78, 5) is 12.6. The molecule has 8 N–H and O–H groups in total. The highest BCUT2D eigenvalue weighted by atomic mass is 19.4. The number of carbonyl (C=O) groups excluding carboxylic acids is 1. The number of anilines is 2. The largest absolute Gasteiger partial charge is 0.416 e. The van der Waals surface area contributed by atoms with Gasteiger partial charge >= 0.3 is 6.18 Å². The van der Waals surface area contributed by atoms with Crippen molar-refractivity contribution in [1.82, 2.24) is 37.1 Å². The summed E-state index contributed by atoms with van der Waals surface area (Å²) in [5, 5.41) is 23.4. The number of alkyl halides is 3. The van der Waals surface area contributed by atoms with Crippen LogP contribution in [0.1, 0.15) is 83.6 Å². The van der Waals surface area contributed by atoms with E-state index < -0.39 is 35.2 Å². The van der Waals surface area contributed by atoms with Crippen LogP contribution in [0.5, 0.6) is 0 Å². The van der Waals surface area contributed by atoms with Crippen molar-refractivity contribution in [3.8, 4) is 0 Å². The zero-order chi connectivity index (χ0) is 39.0. The molecular formula is C38H61F4N9O3. The average molecular weight is 768 g/mol. The molecule has 1 amide bonds. The first kappa shape index (κ1) is 43.6. The van der Waals surface area contributed by atoms with Crippen LogP contribution in [0.4, 0.5) is 28.9 Å². The number of rotatable bonds is 23. The van der Waals surface area contributed by atoms with Crippen LogP contribution in [-0.2, 0) is 20.4 Å². The molecule has 2 aliphatic rings. The van der Waals surface area contributed by atoms with Crippen LogP contribution >= 0.6 is 0 Å². The molecule has 0 saturated heterocycles. The van der Waals surface area contributed by atoms with Crippen LogP contribution in [-0.4, -0.2) is 87.8 Å². The predicted octanol–water partition coefficient (Wildman–Crippen LogP) is 5.24. The molecule has 0 heterocycles. The summed E-state index contributed by atoms with van der Waals surface area (Å²) in [6, 6.07) is 11.0. The smallest absolute Gasteiger partial charge is 0.383 e. The van der Waals surface area contributed by atoms with E-state index in [1.807, 2.05) is 13.8 Å². The highest BCUT2D eigenvalue weighted by Gasteiger charge is 2.48. The number of hydrogen-bond donors (Lipinski definition) is 8. The fourth-order valence-electron chi connectivity index (χ4n) is 7.38. The molecule has 3 atom stereocenters. The van der Waals surface area contributed by atoms with Crippen LogP contribution < -0.4 is 42.8 Å². The molecule has 2 fully saturated rings. The van der Waals surface area contributed by atoms with Crippen LogP contribution in [0.15, 0.2) is 48.5 Å². The highest BCUT2D eigenvalue weighted by Crippen LogP contribution is 2.33. The monoisotopic (exact) mass is 767 g/mol. The SMILES string of the molecule is CCNN(Nc1cccc(F)c1)C(CC(NCC(C)NC(=O)COC)(Nc1cccc(C(F)(F)F)c1)NC1CCCCC1)(NCCOC)NC1CCCC1. The maximum absolute atomic E-state index is 14.6. The second-order valence-electron chi connectivity index (χ2n) is 14.4. The lowest BCUT2D eigenvalue weighted by Gasteiger charge is -2.52. The topological polar surface area (TPSA) is 135 Å². The van der Waals surface area contributed by atoms with E-state index in [1.165, 1.54) is 25.3 Å². The lowest BCUT2D eigenvalue weighted by atomic mass is 9.93. The molecule has 12 nitrogen and oxygen atoms in total. The number of hydrazine groups is 2. The number of benzene rings is 2. The lowest BCUT2D eigenvalue weighted by Crippen LogP contribution is -2.80. The molecule has 4 rings (SSSR count). The molecular weight excluding hydrogens is 706 g/mol. The first-order valence-electron chi connectivity index (χ1n) is 19.2. The van der Waals surface area contributed by atoms with E-state index in [0.29, 0.717) is 25.4 Å². The van der Waals surface area contributed by atoms with Gasteiger partial charge in [-0.1, -0.05) is 51.2 Å². The molecule has 2 aliphatic carbocycles. The fourth-order valence-corrected chi connectivity index (χ4v) is 7.38. The van der Waals surface area contributed by atoms with E-state index in [9.17, 15) is 22.4 Å². The Labute approximate surface area is 317 Å². The molecule has 0 spiro atoms. The third-order valence-electron chi connectivity index (χ3n) is 9.80. The minimum absolute atomic E-state index is 0.00913. The normalized spacial score (nSPS) is 18.6. The van der Waals surface area contributed by atoms with Gasteiger partial charge in [-0.05, 0) is 69.0 Å². The number of methoxy groups -OCH3 is 2. The maximum atomic E-state index is 14.6. The van der Waals surface area contributed by atoms with Gasteiger partial charge in [-0.3, -0.25) is 26.1 Å². The van der Waals surface area contributed by atoms with Gasteiger partial charge in [0.05, 0.1) is 17.9 Å². The van der Waals surface area contributed by atoms with Gasteiger partial charge in [0.15, 0.2) is 5.79 Å². The number of nitrogens with one attached hydrogen (secondary N) is 8. The van der Waals surface area contributed by atoms with Gasteiger partial charge in [0.1, 0.15) is 18.2 Å². The van der Waals surface area contributed by atoms with Crippen LogP contribution in [0.3, 0.4) is 0 Å². The van der Waals surface area contributed by atoms with Gasteiger partial charge in [0.25, 0.3) is 0 Å². The molecule has 2 aromatic rings. The standard InChI is InChI=1S/C38H61F4N9O3/c1-5-45-51(50-34-20-12-14-30(39)24-34)37(43-21-22-53-3,49-32-17-9-10-18-32)27-36(47-31-15-7-6-8-16-31,44-25-28(2)46-35(52)26-54-4)48-33-19-11-13-29(23-33)38(40,41)42/h11-14,19-20,23-24,28,31-32,43-45,47-50H,5-10,15-18,21-22,25-27H2,1-4H3,(H,46,52). The molecule has 16 heteroatoms. The molecule has 54 heavy (non-hydrogen) atoms. The van der Waals surface area contributed by atoms with Crippen molar-refractivity contribution in [2.75, 3.05) is 57.8 Å². The lowest BCUT2D eigenvalue weighted by molar-refractivity contribution is -0.137. The molecule has 0 aliphatic heterocycles. The van der Waals surface area contributed by atoms with Crippen molar-refractivity contribution in [3.63, 3.8) is 0 Å². The maximum Gasteiger partial charge on any atom is 0.416 e. The van der Waals surface area contributed by atoms with Crippen LogP contribution in [0.25, 0.3) is 0 Å². The summed E-state index contributed by atoms with van der Waals surface area (Å²) in [7, 11) is 3.06. The number of nitrogens with zero attached hydrogens (tertiary/aromatic N) is 1. The molecule has 304 valence electrons. The van der Waals surface area contributed by atoms with E-state index in [0.717, 1.165) is 69.9 Å². The Morgan fingerprint density at radius 3 is 2.20 bits per heavy atom. The van der Waals surface area contributed by atoms with Crippen LogP contribution in [0.2, 0.25) is 0 Å². The second-order valence-corrected chi connectivity index (χ2v) is 14.4. The number of amides is 1. The number of ether oxygens (including phenoxy) is 2. The Morgan fingerprint density at radius 2 is 1.56 bits per heavy atom. The first-order chi connectivity index (χ1) is 25.9.